The van der Waals surface area contributed by atoms with Gasteiger partial charge >= 0.3 is 0 Å². The molecule has 0 bridgehead atoms. The first-order chi connectivity index (χ1) is 11.1. The van der Waals surface area contributed by atoms with Crippen LogP contribution >= 0.6 is 0 Å². The number of carbonyl (C=O) groups is 1. The summed E-state index contributed by atoms with van der Waals surface area (Å²) in [4.78, 5) is 17.5. The first-order valence-electron chi connectivity index (χ1n) is 9.78. The lowest BCUT2D eigenvalue weighted by atomic mass is 9.79. The number of amides is 1. The standard InChI is InChI=1S/C19H32N2O2/c1-13(2)17-9-15-11-20(12-16-5-3-4-8-23-16)10-14-6-7-18(22)21(17)19(14)15/h13-17,19H,3-12H2,1-2H3/t14-,15?,16?,17?,19-/m1/s1. The van der Waals surface area contributed by atoms with Crippen molar-refractivity contribution in [3.05, 3.63) is 0 Å². The lowest BCUT2D eigenvalue weighted by molar-refractivity contribution is -0.143. The molecular weight excluding hydrogens is 288 g/mol. The SMILES string of the molecule is CC(C)C1CC2CN(CC3CCCCO3)C[C@H]3CCC(=O)N1[C@@H]23. The molecular formula is C19H32N2O2. The highest BCUT2D eigenvalue weighted by molar-refractivity contribution is 5.78. The quantitative estimate of drug-likeness (QED) is 0.801. The van der Waals surface area contributed by atoms with Crippen molar-refractivity contribution in [3.8, 4) is 0 Å². The second-order valence-corrected chi connectivity index (χ2v) is 8.60. The van der Waals surface area contributed by atoms with Gasteiger partial charge in [0, 0.05) is 44.7 Å². The maximum absolute atomic E-state index is 12.5. The average molecular weight is 320 g/mol. The smallest absolute Gasteiger partial charge is 0.223 e. The van der Waals surface area contributed by atoms with Crippen molar-refractivity contribution >= 4 is 5.91 Å². The maximum atomic E-state index is 12.5. The highest BCUT2D eigenvalue weighted by atomic mass is 16.5. The summed E-state index contributed by atoms with van der Waals surface area (Å²) >= 11 is 0. The zero-order valence-electron chi connectivity index (χ0n) is 14.7. The first-order valence-corrected chi connectivity index (χ1v) is 9.78. The van der Waals surface area contributed by atoms with Crippen LogP contribution in [0.25, 0.3) is 0 Å². The van der Waals surface area contributed by atoms with Crippen LogP contribution in [0, 0.1) is 17.8 Å². The zero-order chi connectivity index (χ0) is 16.0. The summed E-state index contributed by atoms with van der Waals surface area (Å²) < 4.78 is 5.97. The number of likely N-dealkylation sites (tertiary alicyclic amines) is 1. The number of carbonyl (C=O) groups excluding carboxylic acids is 1. The molecule has 4 aliphatic heterocycles. The molecule has 130 valence electrons. The Balaban J connectivity index is 1.46. The molecule has 4 saturated heterocycles. The van der Waals surface area contributed by atoms with Crippen molar-refractivity contribution in [1.29, 1.82) is 0 Å². The minimum absolute atomic E-state index is 0.427. The van der Waals surface area contributed by atoms with Crippen molar-refractivity contribution in [2.75, 3.05) is 26.2 Å². The predicted octanol–water partition coefficient (Wildman–Crippen LogP) is 2.52. The molecule has 4 heterocycles. The van der Waals surface area contributed by atoms with E-state index in [1.807, 2.05) is 0 Å². The summed E-state index contributed by atoms with van der Waals surface area (Å²) in [6.45, 7) is 8.98. The highest BCUT2D eigenvalue weighted by Gasteiger charge is 2.52. The van der Waals surface area contributed by atoms with E-state index in [0.717, 1.165) is 26.0 Å². The monoisotopic (exact) mass is 320 g/mol. The fourth-order valence-corrected chi connectivity index (χ4v) is 5.68. The molecule has 4 rings (SSSR count). The summed E-state index contributed by atoms with van der Waals surface area (Å²) in [5.41, 5.74) is 0. The van der Waals surface area contributed by atoms with Gasteiger partial charge < -0.3 is 14.5 Å². The van der Waals surface area contributed by atoms with Gasteiger partial charge in [-0.3, -0.25) is 4.79 Å². The van der Waals surface area contributed by atoms with E-state index >= 15 is 0 Å². The Hall–Kier alpha value is -0.610. The molecule has 4 nitrogen and oxygen atoms in total. The Kier molecular flexibility index (Phi) is 4.39. The Morgan fingerprint density at radius 2 is 2.00 bits per heavy atom. The molecule has 4 aliphatic rings. The number of hydrogen-bond acceptors (Lipinski definition) is 3. The minimum Gasteiger partial charge on any atom is -0.377 e. The van der Waals surface area contributed by atoms with Crippen LogP contribution < -0.4 is 0 Å². The largest absolute Gasteiger partial charge is 0.377 e. The fourth-order valence-electron chi connectivity index (χ4n) is 5.68. The maximum Gasteiger partial charge on any atom is 0.223 e. The lowest BCUT2D eigenvalue weighted by Crippen LogP contribution is -2.58. The van der Waals surface area contributed by atoms with Gasteiger partial charge in [-0.2, -0.15) is 0 Å². The number of ether oxygens (including phenoxy) is 1. The lowest BCUT2D eigenvalue weighted by Gasteiger charge is -2.48. The molecule has 0 saturated carbocycles. The Morgan fingerprint density at radius 1 is 1.17 bits per heavy atom. The molecule has 0 spiro atoms. The van der Waals surface area contributed by atoms with Gasteiger partial charge in [0.15, 0.2) is 0 Å². The van der Waals surface area contributed by atoms with E-state index in [0.29, 0.717) is 41.8 Å². The molecule has 0 aromatic heterocycles. The summed E-state index contributed by atoms with van der Waals surface area (Å²) in [5.74, 6) is 2.39. The van der Waals surface area contributed by atoms with Crippen molar-refractivity contribution < 1.29 is 9.53 Å². The van der Waals surface area contributed by atoms with Crippen LogP contribution in [-0.2, 0) is 9.53 Å². The van der Waals surface area contributed by atoms with Crippen LogP contribution in [0.1, 0.15) is 52.4 Å². The molecule has 4 fully saturated rings. The minimum atomic E-state index is 0.427. The molecule has 0 aromatic carbocycles. The number of hydrogen-bond donors (Lipinski definition) is 0. The van der Waals surface area contributed by atoms with Gasteiger partial charge in [-0.25, -0.2) is 0 Å². The van der Waals surface area contributed by atoms with Crippen LogP contribution in [0.15, 0.2) is 0 Å². The van der Waals surface area contributed by atoms with Gasteiger partial charge in [-0.05, 0) is 49.9 Å². The third-order valence-electron chi connectivity index (χ3n) is 6.70. The first kappa shape index (κ1) is 15.9. The molecule has 1 amide bonds. The fraction of sp³-hybridized carbons (Fsp3) is 0.947. The molecule has 0 aliphatic carbocycles. The Bertz CT molecular complexity index is 447. The predicted molar refractivity (Wildman–Crippen MR) is 90.1 cm³/mol. The molecule has 0 N–H and O–H groups in total. The van der Waals surface area contributed by atoms with E-state index in [1.54, 1.807) is 0 Å². The van der Waals surface area contributed by atoms with Gasteiger partial charge in [0.1, 0.15) is 0 Å². The average Bonchev–Trinajstić information content (AvgIpc) is 2.93. The van der Waals surface area contributed by atoms with Crippen LogP contribution in [0.5, 0.6) is 0 Å². The normalized spacial score (nSPS) is 41.4. The summed E-state index contributed by atoms with van der Waals surface area (Å²) in [6.07, 6.45) is 7.32. The summed E-state index contributed by atoms with van der Waals surface area (Å²) in [6, 6.07) is 1.01. The molecule has 3 unspecified atom stereocenters. The van der Waals surface area contributed by atoms with Crippen LogP contribution in [-0.4, -0.2) is 60.1 Å². The Morgan fingerprint density at radius 3 is 2.74 bits per heavy atom. The van der Waals surface area contributed by atoms with Crippen LogP contribution in [0.3, 0.4) is 0 Å². The number of piperidine rings is 2. The third-order valence-corrected chi connectivity index (χ3v) is 6.70. The van der Waals surface area contributed by atoms with Crippen molar-refractivity contribution in [1.82, 2.24) is 9.80 Å². The molecule has 23 heavy (non-hydrogen) atoms. The van der Waals surface area contributed by atoms with E-state index in [2.05, 4.69) is 23.6 Å². The molecule has 5 atom stereocenters. The van der Waals surface area contributed by atoms with Crippen LogP contribution in [0.2, 0.25) is 0 Å². The Labute approximate surface area is 140 Å². The van der Waals surface area contributed by atoms with Crippen molar-refractivity contribution in [3.63, 3.8) is 0 Å². The number of rotatable bonds is 3. The van der Waals surface area contributed by atoms with Gasteiger partial charge in [-0.1, -0.05) is 13.8 Å². The second kappa shape index (κ2) is 6.36. The van der Waals surface area contributed by atoms with E-state index in [4.69, 9.17) is 4.74 Å². The van der Waals surface area contributed by atoms with Gasteiger partial charge in [0.05, 0.1) is 6.10 Å². The summed E-state index contributed by atoms with van der Waals surface area (Å²) in [5, 5.41) is 0. The number of nitrogens with zero attached hydrogens (tertiary/aromatic N) is 2. The van der Waals surface area contributed by atoms with Crippen molar-refractivity contribution in [2.45, 2.75) is 70.6 Å². The second-order valence-electron chi connectivity index (χ2n) is 8.60. The van der Waals surface area contributed by atoms with Gasteiger partial charge in [0.2, 0.25) is 5.91 Å². The van der Waals surface area contributed by atoms with E-state index < -0.39 is 0 Å². The summed E-state index contributed by atoms with van der Waals surface area (Å²) in [7, 11) is 0. The topological polar surface area (TPSA) is 32.8 Å². The van der Waals surface area contributed by atoms with E-state index in [-0.39, 0.29) is 0 Å². The third kappa shape index (κ3) is 2.93. The van der Waals surface area contributed by atoms with Gasteiger partial charge in [-0.15, -0.1) is 0 Å². The van der Waals surface area contributed by atoms with E-state index in [9.17, 15) is 4.79 Å². The van der Waals surface area contributed by atoms with Crippen molar-refractivity contribution in [2.24, 2.45) is 17.8 Å². The zero-order valence-corrected chi connectivity index (χ0v) is 14.7. The molecule has 0 radical (unpaired) electrons. The van der Waals surface area contributed by atoms with Crippen LogP contribution in [0.4, 0.5) is 0 Å². The molecule has 0 aromatic rings. The molecule has 4 heteroatoms. The highest BCUT2D eigenvalue weighted by Crippen LogP contribution is 2.45. The van der Waals surface area contributed by atoms with E-state index in [1.165, 1.54) is 38.8 Å². The van der Waals surface area contributed by atoms with Gasteiger partial charge in [0.25, 0.3) is 0 Å².